The number of nitrogens with zero attached hydrogens (tertiary/aromatic N) is 1. The summed E-state index contributed by atoms with van der Waals surface area (Å²) < 4.78 is 5.79. The number of likely N-dealkylation sites (tertiary alicyclic amines) is 1. The number of hydrogen-bond acceptors (Lipinski definition) is 3. The van der Waals surface area contributed by atoms with Gasteiger partial charge in [0.1, 0.15) is 5.75 Å². The van der Waals surface area contributed by atoms with Crippen molar-refractivity contribution in [3.05, 3.63) is 29.8 Å². The lowest BCUT2D eigenvalue weighted by Gasteiger charge is -2.39. The molecule has 0 aromatic heterocycles. The Bertz CT molecular complexity index is 526. The van der Waals surface area contributed by atoms with Gasteiger partial charge in [0, 0.05) is 19.6 Å². The monoisotopic (exact) mass is 302 g/mol. The zero-order chi connectivity index (χ0) is 15.6. The van der Waals surface area contributed by atoms with E-state index in [0.29, 0.717) is 16.7 Å². The number of amides is 1. The van der Waals surface area contributed by atoms with Crippen molar-refractivity contribution in [2.24, 2.45) is 5.41 Å². The molecule has 2 heterocycles. The third-order valence-electron chi connectivity index (χ3n) is 4.92. The number of carbonyl (C=O) groups excluding carboxylic acids is 1. The summed E-state index contributed by atoms with van der Waals surface area (Å²) in [6.07, 6.45) is 3.54. The molecule has 0 aliphatic carbocycles. The van der Waals surface area contributed by atoms with Gasteiger partial charge in [0.15, 0.2) is 0 Å². The van der Waals surface area contributed by atoms with Gasteiger partial charge in [0.05, 0.1) is 11.7 Å². The maximum Gasteiger partial charge on any atom is 0.257 e. The molecule has 0 atom stereocenters. The molecule has 1 spiro atoms. The molecule has 4 heteroatoms. The van der Waals surface area contributed by atoms with Crippen LogP contribution in [0, 0.1) is 5.41 Å². The summed E-state index contributed by atoms with van der Waals surface area (Å²) in [5.74, 6) is 0.808. The number of rotatable bonds is 3. The number of hydrogen-bond donors (Lipinski definition) is 1. The van der Waals surface area contributed by atoms with Crippen molar-refractivity contribution in [2.45, 2.75) is 39.2 Å². The quantitative estimate of drug-likeness (QED) is 0.933. The Kier molecular flexibility index (Phi) is 4.39. The summed E-state index contributed by atoms with van der Waals surface area (Å²) in [5, 5.41) is 3.47. The van der Waals surface area contributed by atoms with Crippen LogP contribution in [0.25, 0.3) is 0 Å². The van der Waals surface area contributed by atoms with E-state index < -0.39 is 0 Å². The largest absolute Gasteiger partial charge is 0.490 e. The smallest absolute Gasteiger partial charge is 0.257 e. The fourth-order valence-electron chi connectivity index (χ4n) is 3.58. The van der Waals surface area contributed by atoms with E-state index in [2.05, 4.69) is 5.32 Å². The lowest BCUT2D eigenvalue weighted by Crippen LogP contribution is -2.44. The van der Waals surface area contributed by atoms with Crippen molar-refractivity contribution < 1.29 is 9.53 Å². The molecule has 0 bridgehead atoms. The third-order valence-corrected chi connectivity index (χ3v) is 4.92. The lowest BCUT2D eigenvalue weighted by molar-refractivity contribution is 0.0602. The normalized spacial score (nSPS) is 20.6. The zero-order valence-corrected chi connectivity index (χ0v) is 13.6. The van der Waals surface area contributed by atoms with E-state index in [1.807, 2.05) is 43.0 Å². The minimum Gasteiger partial charge on any atom is -0.490 e. The predicted molar refractivity (Wildman–Crippen MR) is 87.3 cm³/mol. The molecule has 1 amide bonds. The molecule has 0 unspecified atom stereocenters. The van der Waals surface area contributed by atoms with Crippen molar-refractivity contribution >= 4 is 5.91 Å². The first-order valence-corrected chi connectivity index (χ1v) is 8.35. The summed E-state index contributed by atoms with van der Waals surface area (Å²) in [6, 6.07) is 7.59. The van der Waals surface area contributed by atoms with Gasteiger partial charge in [-0.1, -0.05) is 12.1 Å². The Morgan fingerprint density at radius 2 is 1.95 bits per heavy atom. The van der Waals surface area contributed by atoms with Gasteiger partial charge in [-0.3, -0.25) is 4.79 Å². The molecule has 3 rings (SSSR count). The Balaban J connectivity index is 1.70. The Hall–Kier alpha value is -1.55. The highest BCUT2D eigenvalue weighted by atomic mass is 16.5. The first kappa shape index (κ1) is 15.3. The minimum atomic E-state index is 0.0724. The zero-order valence-electron chi connectivity index (χ0n) is 13.6. The van der Waals surface area contributed by atoms with Crippen LogP contribution in [0.15, 0.2) is 24.3 Å². The second-order valence-electron chi connectivity index (χ2n) is 6.88. The maximum atomic E-state index is 12.8. The summed E-state index contributed by atoms with van der Waals surface area (Å²) >= 11 is 0. The van der Waals surface area contributed by atoms with Crippen LogP contribution in [-0.2, 0) is 0 Å². The standard InChI is InChI=1S/C18H26N2O2/c1-14(2)22-16-6-4-3-5-15(16)17(21)20-11-8-18(9-12-20)7-10-19-13-18/h3-6,14,19H,7-13H2,1-2H3. The first-order chi connectivity index (χ1) is 10.6. The third kappa shape index (κ3) is 3.12. The summed E-state index contributed by atoms with van der Waals surface area (Å²) in [6.45, 7) is 7.92. The lowest BCUT2D eigenvalue weighted by atomic mass is 9.78. The van der Waals surface area contributed by atoms with Gasteiger partial charge in [-0.2, -0.15) is 0 Å². The SMILES string of the molecule is CC(C)Oc1ccccc1C(=O)N1CCC2(CCNC2)CC1. The van der Waals surface area contributed by atoms with Crippen molar-refractivity contribution in [2.75, 3.05) is 26.2 Å². The van der Waals surface area contributed by atoms with Crippen LogP contribution in [0.3, 0.4) is 0 Å². The Morgan fingerprint density at radius 3 is 2.59 bits per heavy atom. The van der Waals surface area contributed by atoms with Crippen LogP contribution in [0.2, 0.25) is 0 Å². The van der Waals surface area contributed by atoms with Gasteiger partial charge < -0.3 is 15.0 Å². The van der Waals surface area contributed by atoms with Crippen molar-refractivity contribution in [3.63, 3.8) is 0 Å². The molecule has 2 saturated heterocycles. The molecule has 2 aliphatic heterocycles. The second kappa shape index (κ2) is 6.29. The van der Waals surface area contributed by atoms with E-state index in [0.717, 1.165) is 39.0 Å². The summed E-state index contributed by atoms with van der Waals surface area (Å²) in [4.78, 5) is 14.8. The Morgan fingerprint density at radius 1 is 1.23 bits per heavy atom. The van der Waals surface area contributed by atoms with Crippen LogP contribution in [0.4, 0.5) is 0 Å². The first-order valence-electron chi connectivity index (χ1n) is 8.35. The molecule has 120 valence electrons. The number of benzene rings is 1. The van der Waals surface area contributed by atoms with Crippen LogP contribution >= 0.6 is 0 Å². The summed E-state index contributed by atoms with van der Waals surface area (Å²) in [5.41, 5.74) is 1.13. The van der Waals surface area contributed by atoms with Crippen molar-refractivity contribution in [1.29, 1.82) is 0 Å². The molecule has 1 aromatic rings. The van der Waals surface area contributed by atoms with E-state index in [1.54, 1.807) is 0 Å². The average Bonchev–Trinajstić information content (AvgIpc) is 2.96. The van der Waals surface area contributed by atoms with Gasteiger partial charge >= 0.3 is 0 Å². The number of ether oxygens (including phenoxy) is 1. The highest BCUT2D eigenvalue weighted by molar-refractivity contribution is 5.97. The predicted octanol–water partition coefficient (Wildman–Crippen LogP) is 2.69. The fourth-order valence-corrected chi connectivity index (χ4v) is 3.58. The van der Waals surface area contributed by atoms with E-state index in [-0.39, 0.29) is 12.0 Å². The molecule has 2 fully saturated rings. The molecule has 4 nitrogen and oxygen atoms in total. The molecular weight excluding hydrogens is 276 g/mol. The molecule has 22 heavy (non-hydrogen) atoms. The van der Waals surface area contributed by atoms with E-state index >= 15 is 0 Å². The number of carbonyl (C=O) groups is 1. The van der Waals surface area contributed by atoms with Crippen LogP contribution in [0.1, 0.15) is 43.5 Å². The fraction of sp³-hybridized carbons (Fsp3) is 0.611. The number of piperidine rings is 1. The topological polar surface area (TPSA) is 41.6 Å². The molecule has 0 radical (unpaired) electrons. The van der Waals surface area contributed by atoms with Gasteiger partial charge in [-0.25, -0.2) is 0 Å². The van der Waals surface area contributed by atoms with Crippen LogP contribution < -0.4 is 10.1 Å². The molecule has 1 N–H and O–H groups in total. The summed E-state index contributed by atoms with van der Waals surface area (Å²) in [7, 11) is 0. The highest BCUT2D eigenvalue weighted by Gasteiger charge is 2.38. The van der Waals surface area contributed by atoms with E-state index in [1.165, 1.54) is 6.42 Å². The van der Waals surface area contributed by atoms with Gasteiger partial charge in [-0.05, 0) is 57.2 Å². The van der Waals surface area contributed by atoms with Gasteiger partial charge in [0.2, 0.25) is 0 Å². The van der Waals surface area contributed by atoms with Crippen molar-refractivity contribution in [3.8, 4) is 5.75 Å². The molecule has 2 aliphatic rings. The average molecular weight is 302 g/mol. The maximum absolute atomic E-state index is 12.8. The van der Waals surface area contributed by atoms with Gasteiger partial charge in [-0.15, -0.1) is 0 Å². The highest BCUT2D eigenvalue weighted by Crippen LogP contribution is 2.37. The van der Waals surface area contributed by atoms with Crippen molar-refractivity contribution in [1.82, 2.24) is 10.2 Å². The Labute approximate surface area is 132 Å². The van der Waals surface area contributed by atoms with Crippen LogP contribution in [-0.4, -0.2) is 43.1 Å². The molecule has 0 saturated carbocycles. The van der Waals surface area contributed by atoms with Gasteiger partial charge in [0.25, 0.3) is 5.91 Å². The minimum absolute atomic E-state index is 0.0724. The number of nitrogens with one attached hydrogen (secondary N) is 1. The number of para-hydroxylation sites is 1. The van der Waals surface area contributed by atoms with Crippen LogP contribution in [0.5, 0.6) is 5.75 Å². The molecule has 1 aromatic carbocycles. The second-order valence-corrected chi connectivity index (χ2v) is 6.88. The molecular formula is C18H26N2O2. The van der Waals surface area contributed by atoms with E-state index in [9.17, 15) is 4.79 Å². The van der Waals surface area contributed by atoms with E-state index in [4.69, 9.17) is 4.74 Å².